The Morgan fingerprint density at radius 3 is 2.36 bits per heavy atom. The average molecular weight is 233 g/mol. The van der Waals surface area contributed by atoms with Crippen LogP contribution in [0.25, 0.3) is 0 Å². The van der Waals surface area contributed by atoms with Crippen molar-refractivity contribution in [2.45, 2.75) is 19.8 Å². The minimum absolute atomic E-state index is 0.0345. The first-order valence-corrected chi connectivity index (χ1v) is 4.92. The van der Waals surface area contributed by atoms with Crippen LogP contribution in [0, 0.1) is 0 Å². The third kappa shape index (κ3) is 2.02. The lowest BCUT2D eigenvalue weighted by atomic mass is 9.97. The maximum atomic E-state index is 10.9. The maximum absolute atomic E-state index is 10.9. The van der Waals surface area contributed by atoms with Crippen molar-refractivity contribution in [1.29, 1.82) is 0 Å². The topological polar surface area (TPSA) is 37.3 Å². The molecule has 0 aliphatic heterocycles. The Hall–Kier alpha value is -0.730. The number of rotatable bonds is 2. The van der Waals surface area contributed by atoms with Gasteiger partial charge in [0.05, 0.1) is 15.6 Å². The van der Waals surface area contributed by atoms with Gasteiger partial charge >= 0.3 is 5.97 Å². The number of carbonyl (C=O) groups is 1. The molecular weight excluding hydrogens is 223 g/mol. The summed E-state index contributed by atoms with van der Waals surface area (Å²) in [6.45, 7) is 3.76. The minimum atomic E-state index is -0.979. The smallest absolute Gasteiger partial charge is 0.336 e. The molecule has 0 saturated heterocycles. The van der Waals surface area contributed by atoms with Crippen LogP contribution < -0.4 is 0 Å². The summed E-state index contributed by atoms with van der Waals surface area (Å²) in [6.07, 6.45) is 0. The monoisotopic (exact) mass is 232 g/mol. The zero-order valence-corrected chi connectivity index (χ0v) is 9.36. The van der Waals surface area contributed by atoms with E-state index in [0.29, 0.717) is 15.6 Å². The summed E-state index contributed by atoms with van der Waals surface area (Å²) >= 11 is 11.8. The van der Waals surface area contributed by atoms with Gasteiger partial charge in [-0.15, -0.1) is 0 Å². The van der Waals surface area contributed by atoms with Crippen molar-refractivity contribution in [2.24, 2.45) is 0 Å². The van der Waals surface area contributed by atoms with Crippen LogP contribution >= 0.6 is 23.2 Å². The van der Waals surface area contributed by atoms with E-state index in [-0.39, 0.29) is 11.5 Å². The molecule has 0 fully saturated rings. The molecule has 0 saturated carbocycles. The van der Waals surface area contributed by atoms with Gasteiger partial charge in [-0.2, -0.15) is 0 Å². The molecule has 76 valence electrons. The number of halogens is 2. The molecule has 0 aliphatic carbocycles. The molecule has 1 aromatic rings. The van der Waals surface area contributed by atoms with Gasteiger partial charge < -0.3 is 5.11 Å². The highest BCUT2D eigenvalue weighted by Crippen LogP contribution is 2.33. The third-order valence-corrected chi connectivity index (χ3v) is 2.76. The zero-order valence-electron chi connectivity index (χ0n) is 7.84. The maximum Gasteiger partial charge on any atom is 0.336 e. The lowest BCUT2D eigenvalue weighted by Gasteiger charge is -2.12. The number of carboxylic acids is 1. The van der Waals surface area contributed by atoms with Gasteiger partial charge in [0, 0.05) is 0 Å². The van der Waals surface area contributed by atoms with Crippen molar-refractivity contribution in [3.05, 3.63) is 33.3 Å². The second-order valence-electron chi connectivity index (χ2n) is 3.28. The molecule has 0 heterocycles. The molecular formula is C10H10Cl2O2. The van der Waals surface area contributed by atoms with E-state index in [1.807, 2.05) is 13.8 Å². The van der Waals surface area contributed by atoms with Crippen molar-refractivity contribution in [1.82, 2.24) is 0 Å². The molecule has 0 radical (unpaired) electrons. The van der Waals surface area contributed by atoms with Gasteiger partial charge in [0.15, 0.2) is 0 Å². The van der Waals surface area contributed by atoms with Gasteiger partial charge in [-0.1, -0.05) is 37.0 Å². The third-order valence-electron chi connectivity index (χ3n) is 1.94. The average Bonchev–Trinajstić information content (AvgIpc) is 2.08. The quantitative estimate of drug-likeness (QED) is 0.843. The summed E-state index contributed by atoms with van der Waals surface area (Å²) in [5.41, 5.74) is 0.807. The standard InChI is InChI=1S/C10H10Cl2O2/c1-5(2)8-6(10(13)14)3-4-7(11)9(8)12/h3-5H,1-2H3,(H,13,14). The van der Waals surface area contributed by atoms with Crippen molar-refractivity contribution in [3.63, 3.8) is 0 Å². The van der Waals surface area contributed by atoms with Crippen LogP contribution in [0.3, 0.4) is 0 Å². The van der Waals surface area contributed by atoms with Crippen LogP contribution in [-0.4, -0.2) is 11.1 Å². The van der Waals surface area contributed by atoms with E-state index in [2.05, 4.69) is 0 Å². The summed E-state index contributed by atoms with van der Waals surface area (Å²) in [7, 11) is 0. The number of carboxylic acid groups (broad SMARTS) is 1. The van der Waals surface area contributed by atoms with E-state index in [1.54, 1.807) is 0 Å². The molecule has 0 unspecified atom stereocenters. The Labute approximate surface area is 92.5 Å². The fourth-order valence-corrected chi connectivity index (χ4v) is 1.87. The van der Waals surface area contributed by atoms with E-state index in [4.69, 9.17) is 28.3 Å². The molecule has 0 aliphatic rings. The molecule has 1 aromatic carbocycles. The summed E-state index contributed by atoms with van der Waals surface area (Å²) in [6, 6.07) is 2.98. The van der Waals surface area contributed by atoms with E-state index < -0.39 is 5.97 Å². The predicted molar refractivity (Wildman–Crippen MR) is 57.5 cm³/mol. The molecule has 0 atom stereocenters. The summed E-state index contributed by atoms with van der Waals surface area (Å²) in [5.74, 6) is -0.945. The largest absolute Gasteiger partial charge is 0.478 e. The second-order valence-corrected chi connectivity index (χ2v) is 4.07. The lowest BCUT2D eigenvalue weighted by molar-refractivity contribution is 0.0695. The molecule has 1 rings (SSSR count). The molecule has 14 heavy (non-hydrogen) atoms. The van der Waals surface area contributed by atoms with E-state index in [9.17, 15) is 4.79 Å². The Kier molecular flexibility index (Phi) is 3.40. The van der Waals surface area contributed by atoms with Gasteiger partial charge in [-0.25, -0.2) is 4.79 Å². The Morgan fingerprint density at radius 2 is 1.93 bits per heavy atom. The van der Waals surface area contributed by atoms with Gasteiger partial charge in [-0.05, 0) is 23.6 Å². The highest BCUT2D eigenvalue weighted by atomic mass is 35.5. The Morgan fingerprint density at radius 1 is 1.36 bits per heavy atom. The zero-order chi connectivity index (χ0) is 10.9. The van der Waals surface area contributed by atoms with Crippen molar-refractivity contribution in [3.8, 4) is 0 Å². The Balaban J connectivity index is 3.45. The molecule has 4 heteroatoms. The normalized spacial score (nSPS) is 10.6. The van der Waals surface area contributed by atoms with Crippen molar-refractivity contribution < 1.29 is 9.90 Å². The summed E-state index contributed by atoms with van der Waals surface area (Å²) < 4.78 is 0. The van der Waals surface area contributed by atoms with E-state index >= 15 is 0 Å². The fourth-order valence-electron chi connectivity index (χ4n) is 1.32. The first kappa shape index (κ1) is 11.3. The van der Waals surface area contributed by atoms with Gasteiger partial charge in [-0.3, -0.25) is 0 Å². The highest BCUT2D eigenvalue weighted by molar-refractivity contribution is 6.42. The van der Waals surface area contributed by atoms with E-state index in [1.165, 1.54) is 12.1 Å². The van der Waals surface area contributed by atoms with Crippen LogP contribution in [0.15, 0.2) is 12.1 Å². The molecule has 0 aromatic heterocycles. The molecule has 0 spiro atoms. The minimum Gasteiger partial charge on any atom is -0.478 e. The molecule has 1 N–H and O–H groups in total. The van der Waals surface area contributed by atoms with E-state index in [0.717, 1.165) is 0 Å². The summed E-state index contributed by atoms with van der Waals surface area (Å²) in [4.78, 5) is 10.9. The second kappa shape index (κ2) is 4.20. The molecule has 2 nitrogen and oxygen atoms in total. The first-order chi connectivity index (χ1) is 6.45. The Bertz CT molecular complexity index is 373. The highest BCUT2D eigenvalue weighted by Gasteiger charge is 2.17. The van der Waals surface area contributed by atoms with Gasteiger partial charge in [0.1, 0.15) is 0 Å². The number of hydrogen-bond donors (Lipinski definition) is 1. The van der Waals surface area contributed by atoms with Crippen LogP contribution in [0.5, 0.6) is 0 Å². The number of aromatic carboxylic acids is 1. The van der Waals surface area contributed by atoms with Gasteiger partial charge in [0.25, 0.3) is 0 Å². The van der Waals surface area contributed by atoms with Gasteiger partial charge in [0.2, 0.25) is 0 Å². The fraction of sp³-hybridized carbons (Fsp3) is 0.300. The molecule has 0 bridgehead atoms. The SMILES string of the molecule is CC(C)c1c(C(=O)O)ccc(Cl)c1Cl. The van der Waals surface area contributed by atoms with Crippen LogP contribution in [0.1, 0.15) is 35.7 Å². The first-order valence-electron chi connectivity index (χ1n) is 4.16. The number of hydrogen-bond acceptors (Lipinski definition) is 1. The lowest BCUT2D eigenvalue weighted by Crippen LogP contribution is -2.04. The van der Waals surface area contributed by atoms with Crippen LogP contribution in [0.2, 0.25) is 10.0 Å². The van der Waals surface area contributed by atoms with Crippen LogP contribution in [-0.2, 0) is 0 Å². The van der Waals surface area contributed by atoms with Crippen LogP contribution in [0.4, 0.5) is 0 Å². The number of benzene rings is 1. The van der Waals surface area contributed by atoms with Crippen molar-refractivity contribution >= 4 is 29.2 Å². The van der Waals surface area contributed by atoms with Crippen molar-refractivity contribution in [2.75, 3.05) is 0 Å². The summed E-state index contributed by atoms with van der Waals surface area (Å²) in [5, 5.41) is 9.65. The molecule has 0 amide bonds. The predicted octanol–water partition coefficient (Wildman–Crippen LogP) is 3.82.